The van der Waals surface area contributed by atoms with Crippen molar-refractivity contribution in [1.82, 2.24) is 20.6 Å². The largest absolute Gasteiger partial charge is 0.508 e. The molecule has 4 N–H and O–H groups in total. The molecule has 0 saturated heterocycles. The third-order valence-electron chi connectivity index (χ3n) is 5.28. The molecule has 2 heterocycles. The van der Waals surface area contributed by atoms with Crippen molar-refractivity contribution in [2.75, 3.05) is 13.1 Å². The van der Waals surface area contributed by atoms with Gasteiger partial charge >= 0.3 is 0 Å². The van der Waals surface area contributed by atoms with Gasteiger partial charge in [0.2, 0.25) is 0 Å². The Morgan fingerprint density at radius 3 is 1.34 bits per heavy atom. The number of phenolic OH excluding ortho intramolecular Hbond substituents is 2. The van der Waals surface area contributed by atoms with E-state index in [9.17, 15) is 10.2 Å². The van der Waals surface area contributed by atoms with Gasteiger partial charge in [0.1, 0.15) is 11.5 Å². The number of phenols is 2. The van der Waals surface area contributed by atoms with Gasteiger partial charge in [-0.15, -0.1) is 0 Å². The summed E-state index contributed by atoms with van der Waals surface area (Å²) in [5, 5.41) is 27.8. The van der Waals surface area contributed by atoms with E-state index in [1.165, 1.54) is 0 Å². The molecule has 0 aliphatic rings. The monoisotopic (exact) mass is 426 g/mol. The Morgan fingerprint density at radius 2 is 0.969 bits per heavy atom. The van der Waals surface area contributed by atoms with Crippen LogP contribution in [0.1, 0.15) is 34.6 Å². The van der Waals surface area contributed by atoms with Gasteiger partial charge in [-0.2, -0.15) is 0 Å². The quantitative estimate of drug-likeness (QED) is 0.303. The maximum Gasteiger partial charge on any atom is 0.120 e. The first kappa shape index (κ1) is 21.5. The number of nitrogens with one attached hydrogen (secondary N) is 2. The number of hydrogen-bond acceptors (Lipinski definition) is 6. The summed E-state index contributed by atoms with van der Waals surface area (Å²) in [6.45, 7) is 1.21. The van der Waals surface area contributed by atoms with Gasteiger partial charge in [0.15, 0.2) is 0 Å². The van der Waals surface area contributed by atoms with Crippen molar-refractivity contribution in [2.24, 2.45) is 0 Å². The van der Waals surface area contributed by atoms with Crippen molar-refractivity contribution < 1.29 is 10.2 Å². The van der Waals surface area contributed by atoms with Crippen LogP contribution in [0.3, 0.4) is 0 Å². The molecule has 0 aliphatic heterocycles. The average molecular weight is 427 g/mol. The maximum absolute atomic E-state index is 10.4. The summed E-state index contributed by atoms with van der Waals surface area (Å²) < 4.78 is 0. The van der Waals surface area contributed by atoms with Crippen LogP contribution in [0.4, 0.5) is 0 Å². The van der Waals surface area contributed by atoms with Crippen LogP contribution >= 0.6 is 0 Å². The van der Waals surface area contributed by atoms with Crippen LogP contribution in [-0.2, 0) is 0 Å². The van der Waals surface area contributed by atoms with E-state index < -0.39 is 0 Å². The Labute approximate surface area is 187 Å². The first-order chi connectivity index (χ1) is 15.7. The molecule has 4 aromatic rings. The molecule has 4 rings (SSSR count). The number of para-hydroxylation sites is 2. The highest BCUT2D eigenvalue weighted by Gasteiger charge is 2.20. The second kappa shape index (κ2) is 10.5. The topological polar surface area (TPSA) is 90.3 Å². The highest BCUT2D eigenvalue weighted by atomic mass is 16.3. The van der Waals surface area contributed by atoms with Crippen LogP contribution in [-0.4, -0.2) is 33.3 Å². The van der Waals surface area contributed by atoms with E-state index in [1.54, 1.807) is 36.7 Å². The summed E-state index contributed by atoms with van der Waals surface area (Å²) in [6.07, 6.45) is 3.50. The summed E-state index contributed by atoms with van der Waals surface area (Å²) in [7, 11) is 0. The van der Waals surface area contributed by atoms with E-state index in [0.717, 1.165) is 22.5 Å². The van der Waals surface area contributed by atoms with E-state index in [4.69, 9.17) is 0 Å². The zero-order chi connectivity index (χ0) is 22.2. The predicted octanol–water partition coefficient (Wildman–Crippen LogP) is 3.95. The first-order valence-corrected chi connectivity index (χ1v) is 10.6. The van der Waals surface area contributed by atoms with E-state index in [-0.39, 0.29) is 23.6 Å². The molecule has 1 unspecified atom stereocenters. The minimum absolute atomic E-state index is 0.226. The zero-order valence-corrected chi connectivity index (χ0v) is 17.6. The van der Waals surface area contributed by atoms with Gasteiger partial charge in [-0.3, -0.25) is 9.97 Å². The molecular weight excluding hydrogens is 400 g/mol. The molecule has 162 valence electrons. The molecule has 0 fully saturated rings. The molecule has 32 heavy (non-hydrogen) atoms. The number of aromatic nitrogens is 2. The maximum atomic E-state index is 10.4. The molecule has 0 spiro atoms. The van der Waals surface area contributed by atoms with Crippen LogP contribution < -0.4 is 10.6 Å². The number of nitrogens with zero attached hydrogens (tertiary/aromatic N) is 2. The Hall–Kier alpha value is -3.74. The fraction of sp³-hybridized carbons (Fsp3) is 0.154. The second-order valence-electron chi connectivity index (χ2n) is 7.40. The molecule has 2 aromatic carbocycles. The van der Waals surface area contributed by atoms with Crippen molar-refractivity contribution in [3.8, 4) is 11.5 Å². The zero-order valence-electron chi connectivity index (χ0n) is 17.6. The molecule has 0 radical (unpaired) electrons. The van der Waals surface area contributed by atoms with Crippen LogP contribution in [0, 0.1) is 0 Å². The number of aromatic hydroxyl groups is 2. The standard InChI is InChI=1S/C26H26N4O2/c31-23-13-3-1-9-19(23)25(21-11-5-7-15-27-21)29-17-18-30-26(22-12-6-8-16-28-22)20-10-2-4-14-24(20)32/h1-16,25-26,29-32H,17-18H2/t25-,26?/m0/s1. The van der Waals surface area contributed by atoms with Gasteiger partial charge in [-0.1, -0.05) is 48.5 Å². The van der Waals surface area contributed by atoms with Gasteiger partial charge in [-0.25, -0.2) is 0 Å². The van der Waals surface area contributed by atoms with E-state index in [1.807, 2.05) is 60.7 Å². The summed E-state index contributed by atoms with van der Waals surface area (Å²) in [4.78, 5) is 8.96. The molecule has 2 aromatic heterocycles. The van der Waals surface area contributed by atoms with E-state index >= 15 is 0 Å². The summed E-state index contributed by atoms with van der Waals surface area (Å²) in [6, 6.07) is 25.6. The van der Waals surface area contributed by atoms with Crippen LogP contribution in [0.5, 0.6) is 11.5 Å². The van der Waals surface area contributed by atoms with Crippen LogP contribution in [0.15, 0.2) is 97.3 Å². The predicted molar refractivity (Wildman–Crippen MR) is 124 cm³/mol. The van der Waals surface area contributed by atoms with Crippen molar-refractivity contribution in [2.45, 2.75) is 12.1 Å². The highest BCUT2D eigenvalue weighted by Crippen LogP contribution is 2.29. The molecule has 0 bridgehead atoms. The summed E-state index contributed by atoms with van der Waals surface area (Å²) in [5.74, 6) is 0.452. The molecule has 0 amide bonds. The lowest BCUT2D eigenvalue weighted by Gasteiger charge is -2.23. The fourth-order valence-electron chi connectivity index (χ4n) is 3.74. The third-order valence-corrected chi connectivity index (χ3v) is 5.28. The van der Waals surface area contributed by atoms with Gasteiger partial charge in [0, 0.05) is 36.6 Å². The molecule has 0 saturated carbocycles. The smallest absolute Gasteiger partial charge is 0.120 e. The minimum atomic E-state index is -0.252. The number of hydrogen-bond donors (Lipinski definition) is 4. The summed E-state index contributed by atoms with van der Waals surface area (Å²) in [5.41, 5.74) is 3.20. The lowest BCUT2D eigenvalue weighted by Crippen LogP contribution is -2.34. The lowest BCUT2D eigenvalue weighted by atomic mass is 10.0. The van der Waals surface area contributed by atoms with E-state index in [2.05, 4.69) is 20.6 Å². The lowest BCUT2D eigenvalue weighted by molar-refractivity contribution is 0.446. The number of pyridine rings is 2. The van der Waals surface area contributed by atoms with Gasteiger partial charge in [0.25, 0.3) is 0 Å². The molecule has 0 aliphatic carbocycles. The normalized spacial score (nSPS) is 12.9. The van der Waals surface area contributed by atoms with Gasteiger partial charge < -0.3 is 20.8 Å². The fourth-order valence-corrected chi connectivity index (χ4v) is 3.74. The van der Waals surface area contributed by atoms with Crippen molar-refractivity contribution in [3.05, 3.63) is 120 Å². The van der Waals surface area contributed by atoms with Crippen molar-refractivity contribution in [3.63, 3.8) is 0 Å². The second-order valence-corrected chi connectivity index (χ2v) is 7.40. The Morgan fingerprint density at radius 1 is 0.562 bits per heavy atom. The van der Waals surface area contributed by atoms with Gasteiger partial charge in [0.05, 0.1) is 23.5 Å². The third kappa shape index (κ3) is 5.11. The Bertz CT molecular complexity index is 1030. The van der Waals surface area contributed by atoms with E-state index in [0.29, 0.717) is 13.1 Å². The molecule has 6 heteroatoms. The summed E-state index contributed by atoms with van der Waals surface area (Å²) >= 11 is 0. The van der Waals surface area contributed by atoms with Gasteiger partial charge in [-0.05, 0) is 36.4 Å². The van der Waals surface area contributed by atoms with Crippen molar-refractivity contribution in [1.29, 1.82) is 0 Å². The SMILES string of the molecule is Oc1ccccc1C(NCCN[C@H](c1ccccn1)c1ccccc1O)c1ccccn1. The molecular formula is C26H26N4O2. The van der Waals surface area contributed by atoms with Crippen molar-refractivity contribution >= 4 is 0 Å². The van der Waals surface area contributed by atoms with Crippen LogP contribution in [0.2, 0.25) is 0 Å². The minimum Gasteiger partial charge on any atom is -0.508 e. The van der Waals surface area contributed by atoms with Crippen LogP contribution in [0.25, 0.3) is 0 Å². The Kier molecular flexibility index (Phi) is 7.07. The highest BCUT2D eigenvalue weighted by molar-refractivity contribution is 5.40. The number of benzene rings is 2. The average Bonchev–Trinajstić information content (AvgIpc) is 2.84. The molecule has 2 atom stereocenters. The molecule has 6 nitrogen and oxygen atoms in total. The number of rotatable bonds is 9. The first-order valence-electron chi connectivity index (χ1n) is 10.6. The Balaban J connectivity index is 1.50.